The number of ether oxygens (including phenoxy) is 1. The van der Waals surface area contributed by atoms with Gasteiger partial charge in [0.1, 0.15) is 11.8 Å². The second kappa shape index (κ2) is 7.14. The zero-order valence-corrected chi connectivity index (χ0v) is 11.7. The summed E-state index contributed by atoms with van der Waals surface area (Å²) in [6.45, 7) is 1.82. The first-order valence-corrected chi connectivity index (χ1v) is 6.58. The van der Waals surface area contributed by atoms with Crippen LogP contribution >= 0.6 is 15.9 Å². The number of esters is 1. The minimum atomic E-state index is -2.76. The molecule has 0 saturated carbocycles. The molecule has 0 N–H and O–H groups in total. The SMILES string of the molecule is CCOC(=O)Cc1nc(C(F)F)c(CBr)cc1C#N. The van der Waals surface area contributed by atoms with Crippen LogP contribution in [-0.2, 0) is 21.3 Å². The molecule has 0 unspecified atom stereocenters. The van der Waals surface area contributed by atoms with E-state index in [1.165, 1.54) is 6.07 Å². The Bertz CT molecular complexity index is 515. The summed E-state index contributed by atoms with van der Waals surface area (Å²) in [5, 5.41) is 9.13. The molecule has 1 rings (SSSR count). The van der Waals surface area contributed by atoms with Crippen LogP contribution in [-0.4, -0.2) is 17.6 Å². The molecule has 0 fully saturated rings. The van der Waals surface area contributed by atoms with Gasteiger partial charge in [-0.05, 0) is 18.6 Å². The average Bonchev–Trinajstić information content (AvgIpc) is 2.38. The van der Waals surface area contributed by atoms with Gasteiger partial charge in [-0.1, -0.05) is 15.9 Å². The number of carbonyl (C=O) groups is 1. The Morgan fingerprint density at radius 3 is 2.79 bits per heavy atom. The normalized spacial score (nSPS) is 10.3. The van der Waals surface area contributed by atoms with Gasteiger partial charge in [0.05, 0.1) is 24.3 Å². The summed E-state index contributed by atoms with van der Waals surface area (Å²) in [5.41, 5.74) is -0.0674. The highest BCUT2D eigenvalue weighted by Gasteiger charge is 2.19. The zero-order chi connectivity index (χ0) is 14.4. The van der Waals surface area contributed by atoms with Crippen molar-refractivity contribution in [2.75, 3.05) is 6.61 Å². The Hall–Kier alpha value is -1.55. The van der Waals surface area contributed by atoms with E-state index in [0.717, 1.165) is 0 Å². The summed E-state index contributed by atoms with van der Waals surface area (Å²) in [7, 11) is 0. The van der Waals surface area contributed by atoms with Crippen molar-refractivity contribution in [1.82, 2.24) is 4.98 Å². The molecular formula is C12H11BrF2N2O2. The fourth-order valence-corrected chi connectivity index (χ4v) is 1.93. The van der Waals surface area contributed by atoms with Gasteiger partial charge < -0.3 is 4.74 Å². The van der Waals surface area contributed by atoms with Crippen molar-refractivity contribution >= 4 is 21.9 Å². The van der Waals surface area contributed by atoms with Crippen molar-refractivity contribution in [3.8, 4) is 6.07 Å². The number of pyridine rings is 1. The van der Waals surface area contributed by atoms with Crippen molar-refractivity contribution in [2.24, 2.45) is 0 Å². The molecule has 4 nitrogen and oxygen atoms in total. The van der Waals surface area contributed by atoms with Gasteiger partial charge in [0, 0.05) is 5.33 Å². The molecule has 0 spiro atoms. The maximum Gasteiger partial charge on any atom is 0.311 e. The van der Waals surface area contributed by atoms with Gasteiger partial charge in [0.25, 0.3) is 6.43 Å². The summed E-state index contributed by atoms with van der Waals surface area (Å²) in [6.07, 6.45) is -3.06. The highest BCUT2D eigenvalue weighted by molar-refractivity contribution is 9.08. The first kappa shape index (κ1) is 15.5. The molecule has 0 aliphatic carbocycles. The largest absolute Gasteiger partial charge is 0.466 e. The van der Waals surface area contributed by atoms with Gasteiger partial charge in [-0.25, -0.2) is 13.8 Å². The Balaban J connectivity index is 3.19. The molecule has 0 aliphatic heterocycles. The lowest BCUT2D eigenvalue weighted by Crippen LogP contribution is -2.12. The highest BCUT2D eigenvalue weighted by Crippen LogP contribution is 2.25. The number of aromatic nitrogens is 1. The van der Waals surface area contributed by atoms with Crippen molar-refractivity contribution in [2.45, 2.75) is 25.1 Å². The van der Waals surface area contributed by atoms with Crippen LogP contribution in [0, 0.1) is 11.3 Å². The summed E-state index contributed by atoms with van der Waals surface area (Å²) >= 11 is 3.07. The molecule has 0 saturated heterocycles. The number of nitrogens with zero attached hydrogens (tertiary/aromatic N) is 2. The second-order valence-electron chi connectivity index (χ2n) is 3.55. The molecule has 0 aliphatic rings. The average molecular weight is 333 g/mol. The summed E-state index contributed by atoms with van der Waals surface area (Å²) < 4.78 is 30.4. The lowest BCUT2D eigenvalue weighted by atomic mass is 10.1. The van der Waals surface area contributed by atoms with E-state index in [0.29, 0.717) is 0 Å². The third kappa shape index (κ3) is 3.96. The first-order chi connectivity index (χ1) is 9.03. The van der Waals surface area contributed by atoms with Crippen LogP contribution in [0.1, 0.15) is 35.9 Å². The fourth-order valence-electron chi connectivity index (χ4n) is 1.49. The number of hydrogen-bond acceptors (Lipinski definition) is 4. The Morgan fingerprint density at radius 1 is 1.63 bits per heavy atom. The second-order valence-corrected chi connectivity index (χ2v) is 4.12. The Kier molecular flexibility index (Phi) is 5.83. The molecule has 0 amide bonds. The van der Waals surface area contributed by atoms with Crippen molar-refractivity contribution in [3.05, 3.63) is 28.6 Å². The van der Waals surface area contributed by atoms with E-state index in [4.69, 9.17) is 10.00 Å². The smallest absolute Gasteiger partial charge is 0.311 e. The predicted molar refractivity (Wildman–Crippen MR) is 66.9 cm³/mol. The van der Waals surface area contributed by atoms with Crippen LogP contribution < -0.4 is 0 Å². The van der Waals surface area contributed by atoms with Crippen LogP contribution in [0.5, 0.6) is 0 Å². The molecule has 1 aromatic rings. The Morgan fingerprint density at radius 2 is 2.32 bits per heavy atom. The maximum absolute atomic E-state index is 12.8. The van der Waals surface area contributed by atoms with Crippen molar-refractivity contribution in [1.29, 1.82) is 5.26 Å². The minimum absolute atomic E-state index is 0.0148. The summed E-state index contributed by atoms with van der Waals surface area (Å²) in [4.78, 5) is 15.1. The van der Waals surface area contributed by atoms with Crippen LogP contribution in [0.15, 0.2) is 6.07 Å². The number of halogens is 3. The predicted octanol–water partition coefficient (Wildman–Crippen LogP) is 2.89. The van der Waals surface area contributed by atoms with E-state index in [9.17, 15) is 13.6 Å². The van der Waals surface area contributed by atoms with Gasteiger partial charge in [0.2, 0.25) is 0 Å². The van der Waals surface area contributed by atoms with E-state index in [-0.39, 0.29) is 35.2 Å². The number of alkyl halides is 3. The first-order valence-electron chi connectivity index (χ1n) is 5.46. The van der Waals surface area contributed by atoms with Crippen LogP contribution in [0.25, 0.3) is 0 Å². The molecule has 1 heterocycles. The molecule has 102 valence electrons. The molecule has 1 aromatic heterocycles. The van der Waals surface area contributed by atoms with Gasteiger partial charge >= 0.3 is 5.97 Å². The molecule has 0 bridgehead atoms. The number of hydrogen-bond donors (Lipinski definition) is 0. The Labute approximate surface area is 117 Å². The highest BCUT2D eigenvalue weighted by atomic mass is 79.9. The fraction of sp³-hybridized carbons (Fsp3) is 0.417. The quantitative estimate of drug-likeness (QED) is 0.614. The number of nitriles is 1. The van der Waals surface area contributed by atoms with Crippen LogP contribution in [0.2, 0.25) is 0 Å². The lowest BCUT2D eigenvalue weighted by molar-refractivity contribution is -0.142. The monoisotopic (exact) mass is 332 g/mol. The third-order valence-corrected chi connectivity index (χ3v) is 2.91. The van der Waals surface area contributed by atoms with Gasteiger partial charge in [-0.3, -0.25) is 4.79 Å². The van der Waals surface area contributed by atoms with Gasteiger partial charge in [-0.2, -0.15) is 5.26 Å². The lowest BCUT2D eigenvalue weighted by Gasteiger charge is -2.10. The van der Waals surface area contributed by atoms with E-state index >= 15 is 0 Å². The summed E-state index contributed by atoms with van der Waals surface area (Å²) in [6, 6.07) is 3.17. The molecule has 0 atom stereocenters. The van der Waals surface area contributed by atoms with E-state index in [2.05, 4.69) is 20.9 Å². The molecule has 7 heteroatoms. The standard InChI is InChI=1S/C12H11BrF2N2O2/c1-2-19-10(18)4-9-8(6-16)3-7(5-13)11(17-9)12(14)15/h3,12H,2,4-5H2,1H3. The maximum atomic E-state index is 12.8. The van der Waals surface area contributed by atoms with E-state index in [1.54, 1.807) is 6.92 Å². The van der Waals surface area contributed by atoms with E-state index in [1.807, 2.05) is 6.07 Å². The van der Waals surface area contributed by atoms with Gasteiger partial charge in [-0.15, -0.1) is 0 Å². The van der Waals surface area contributed by atoms with Crippen LogP contribution in [0.3, 0.4) is 0 Å². The van der Waals surface area contributed by atoms with E-state index < -0.39 is 18.1 Å². The number of carbonyl (C=O) groups excluding carboxylic acids is 1. The van der Waals surface area contributed by atoms with Gasteiger partial charge in [0.15, 0.2) is 0 Å². The molecule has 19 heavy (non-hydrogen) atoms. The molecule has 0 aromatic carbocycles. The summed E-state index contributed by atoms with van der Waals surface area (Å²) in [5.74, 6) is -0.599. The van der Waals surface area contributed by atoms with Crippen molar-refractivity contribution < 1.29 is 18.3 Å². The van der Waals surface area contributed by atoms with Crippen molar-refractivity contribution in [3.63, 3.8) is 0 Å². The third-order valence-electron chi connectivity index (χ3n) is 2.30. The topological polar surface area (TPSA) is 63.0 Å². The molecular weight excluding hydrogens is 322 g/mol. The zero-order valence-electron chi connectivity index (χ0n) is 10.1. The molecule has 0 radical (unpaired) electrons. The number of rotatable bonds is 5. The minimum Gasteiger partial charge on any atom is -0.466 e. The van der Waals surface area contributed by atoms with Crippen LogP contribution in [0.4, 0.5) is 8.78 Å².